The molecule has 21 heavy (non-hydrogen) atoms. The smallest absolute Gasteiger partial charge is 0.262 e. The first kappa shape index (κ1) is 13.7. The Labute approximate surface area is 121 Å². The van der Waals surface area contributed by atoms with Crippen LogP contribution in [-0.2, 0) is 14.3 Å². The minimum Gasteiger partial charge on any atom is -0.482 e. The predicted octanol–water partition coefficient (Wildman–Crippen LogP) is 0.963. The molecular weight excluding hydrogens is 274 g/mol. The molecule has 0 saturated carbocycles. The largest absolute Gasteiger partial charge is 0.482 e. The molecule has 1 saturated heterocycles. The second kappa shape index (κ2) is 5.25. The van der Waals surface area contributed by atoms with Gasteiger partial charge in [0.2, 0.25) is 5.91 Å². The van der Waals surface area contributed by atoms with Crippen LogP contribution >= 0.6 is 0 Å². The molecule has 1 fully saturated rings. The van der Waals surface area contributed by atoms with Crippen molar-refractivity contribution >= 4 is 28.9 Å². The SMILES string of the molecule is CC1OCCC1C(=O)Nc1cc2c(cc1N)OCC(=O)N2. The van der Waals surface area contributed by atoms with Crippen LogP contribution in [0.5, 0.6) is 5.75 Å². The lowest BCUT2D eigenvalue weighted by Gasteiger charge is -2.21. The lowest BCUT2D eigenvalue weighted by Crippen LogP contribution is -2.29. The lowest BCUT2D eigenvalue weighted by atomic mass is 10.0. The number of anilines is 3. The summed E-state index contributed by atoms with van der Waals surface area (Å²) in [4.78, 5) is 23.6. The van der Waals surface area contributed by atoms with Gasteiger partial charge in [0.05, 0.1) is 29.1 Å². The van der Waals surface area contributed by atoms with Gasteiger partial charge >= 0.3 is 0 Å². The Hall–Kier alpha value is -2.28. The molecule has 0 aromatic heterocycles. The van der Waals surface area contributed by atoms with Gasteiger partial charge in [0.25, 0.3) is 5.91 Å². The number of hydrogen-bond acceptors (Lipinski definition) is 5. The summed E-state index contributed by atoms with van der Waals surface area (Å²) in [6, 6.07) is 3.21. The number of hydrogen-bond donors (Lipinski definition) is 3. The molecule has 1 aromatic carbocycles. The standard InChI is InChI=1S/C14H17N3O4/c1-7-8(2-3-20-7)14(19)17-10-5-11-12(4-9(10)15)21-6-13(18)16-11/h4-5,7-8H,2-3,6,15H2,1H3,(H,16,18)(H,17,19). The minimum absolute atomic E-state index is 0.0327. The van der Waals surface area contributed by atoms with Crippen molar-refractivity contribution in [3.8, 4) is 5.75 Å². The fourth-order valence-electron chi connectivity index (χ4n) is 2.55. The van der Waals surface area contributed by atoms with Crippen LogP contribution in [0.25, 0.3) is 0 Å². The van der Waals surface area contributed by atoms with Gasteiger partial charge in [0.1, 0.15) is 5.75 Å². The number of carbonyl (C=O) groups is 2. The summed E-state index contributed by atoms with van der Waals surface area (Å²) >= 11 is 0. The number of benzene rings is 1. The molecule has 2 heterocycles. The zero-order valence-corrected chi connectivity index (χ0v) is 11.6. The number of nitrogens with two attached hydrogens (primary N) is 1. The molecule has 1 aromatic rings. The summed E-state index contributed by atoms with van der Waals surface area (Å²) in [5.74, 6) is -0.0500. The number of nitrogen functional groups attached to an aromatic ring is 1. The molecule has 2 atom stereocenters. The maximum atomic E-state index is 12.2. The van der Waals surface area contributed by atoms with Crippen molar-refractivity contribution in [2.24, 2.45) is 5.92 Å². The molecule has 0 spiro atoms. The van der Waals surface area contributed by atoms with E-state index in [9.17, 15) is 9.59 Å². The molecular formula is C14H17N3O4. The van der Waals surface area contributed by atoms with Crippen molar-refractivity contribution in [1.82, 2.24) is 0 Å². The average molecular weight is 291 g/mol. The summed E-state index contributed by atoms with van der Waals surface area (Å²) in [7, 11) is 0. The Bertz CT molecular complexity index is 602. The summed E-state index contributed by atoms with van der Waals surface area (Å²) in [6.07, 6.45) is 0.587. The van der Waals surface area contributed by atoms with E-state index < -0.39 is 0 Å². The van der Waals surface area contributed by atoms with E-state index in [0.29, 0.717) is 35.8 Å². The fourth-order valence-corrected chi connectivity index (χ4v) is 2.55. The van der Waals surface area contributed by atoms with Crippen LogP contribution < -0.4 is 21.1 Å². The van der Waals surface area contributed by atoms with E-state index in [4.69, 9.17) is 15.2 Å². The Balaban J connectivity index is 1.80. The van der Waals surface area contributed by atoms with Gasteiger partial charge < -0.3 is 25.8 Å². The molecule has 0 bridgehead atoms. The maximum absolute atomic E-state index is 12.2. The van der Waals surface area contributed by atoms with Crippen LogP contribution in [0, 0.1) is 5.92 Å². The maximum Gasteiger partial charge on any atom is 0.262 e. The average Bonchev–Trinajstić information content (AvgIpc) is 2.86. The van der Waals surface area contributed by atoms with Crippen LogP contribution in [0.1, 0.15) is 13.3 Å². The van der Waals surface area contributed by atoms with Crippen molar-refractivity contribution in [3.63, 3.8) is 0 Å². The van der Waals surface area contributed by atoms with Crippen molar-refractivity contribution in [2.75, 3.05) is 29.6 Å². The molecule has 0 radical (unpaired) electrons. The normalized spacial score (nSPS) is 24.0. The second-order valence-corrected chi connectivity index (χ2v) is 5.23. The van der Waals surface area contributed by atoms with E-state index in [-0.39, 0.29) is 30.4 Å². The highest BCUT2D eigenvalue weighted by Crippen LogP contribution is 2.35. The van der Waals surface area contributed by atoms with Gasteiger partial charge in [-0.25, -0.2) is 0 Å². The van der Waals surface area contributed by atoms with E-state index in [1.54, 1.807) is 12.1 Å². The van der Waals surface area contributed by atoms with E-state index in [0.717, 1.165) is 0 Å². The second-order valence-electron chi connectivity index (χ2n) is 5.23. The summed E-state index contributed by atoms with van der Waals surface area (Å²) in [6.45, 7) is 2.43. The Morgan fingerprint density at radius 2 is 2.29 bits per heavy atom. The molecule has 2 aliphatic rings. The molecule has 2 aliphatic heterocycles. The first-order valence-electron chi connectivity index (χ1n) is 6.83. The number of ether oxygens (including phenoxy) is 2. The number of fused-ring (bicyclic) bond motifs is 1. The van der Waals surface area contributed by atoms with Crippen molar-refractivity contribution in [1.29, 1.82) is 0 Å². The quantitative estimate of drug-likeness (QED) is 0.704. The molecule has 4 N–H and O–H groups in total. The Morgan fingerprint density at radius 3 is 3.00 bits per heavy atom. The highest BCUT2D eigenvalue weighted by Gasteiger charge is 2.31. The zero-order valence-electron chi connectivity index (χ0n) is 11.6. The topological polar surface area (TPSA) is 103 Å². The third-order valence-corrected chi connectivity index (χ3v) is 3.76. The van der Waals surface area contributed by atoms with Crippen LogP contribution in [0.2, 0.25) is 0 Å². The molecule has 7 heteroatoms. The third-order valence-electron chi connectivity index (χ3n) is 3.76. The summed E-state index contributed by atoms with van der Waals surface area (Å²) < 4.78 is 10.7. The van der Waals surface area contributed by atoms with Crippen molar-refractivity contribution < 1.29 is 19.1 Å². The third kappa shape index (κ3) is 2.64. The van der Waals surface area contributed by atoms with E-state index >= 15 is 0 Å². The van der Waals surface area contributed by atoms with Gasteiger partial charge in [-0.3, -0.25) is 9.59 Å². The van der Waals surface area contributed by atoms with Crippen molar-refractivity contribution in [3.05, 3.63) is 12.1 Å². The number of rotatable bonds is 2. The summed E-state index contributed by atoms with van der Waals surface area (Å²) in [5.41, 5.74) is 7.28. The van der Waals surface area contributed by atoms with Crippen LogP contribution in [0.15, 0.2) is 12.1 Å². The van der Waals surface area contributed by atoms with Gasteiger partial charge in [-0.05, 0) is 19.4 Å². The van der Waals surface area contributed by atoms with Crippen LogP contribution in [0.3, 0.4) is 0 Å². The predicted molar refractivity (Wildman–Crippen MR) is 77.1 cm³/mol. The summed E-state index contributed by atoms with van der Waals surface area (Å²) in [5, 5.41) is 5.48. The molecule has 2 unspecified atom stereocenters. The monoisotopic (exact) mass is 291 g/mol. The van der Waals surface area contributed by atoms with Crippen LogP contribution in [0.4, 0.5) is 17.1 Å². The Kier molecular flexibility index (Phi) is 3.42. The number of nitrogens with one attached hydrogen (secondary N) is 2. The highest BCUT2D eigenvalue weighted by molar-refractivity contribution is 6.00. The van der Waals surface area contributed by atoms with E-state index in [1.165, 1.54) is 0 Å². The zero-order chi connectivity index (χ0) is 15.0. The fraction of sp³-hybridized carbons (Fsp3) is 0.429. The van der Waals surface area contributed by atoms with E-state index in [1.807, 2.05) is 6.92 Å². The van der Waals surface area contributed by atoms with E-state index in [2.05, 4.69) is 10.6 Å². The number of carbonyl (C=O) groups excluding carboxylic acids is 2. The van der Waals surface area contributed by atoms with Crippen LogP contribution in [-0.4, -0.2) is 31.1 Å². The Morgan fingerprint density at radius 1 is 1.48 bits per heavy atom. The minimum atomic E-state index is -0.234. The molecule has 7 nitrogen and oxygen atoms in total. The first-order valence-corrected chi connectivity index (χ1v) is 6.83. The van der Waals surface area contributed by atoms with Gasteiger partial charge in [-0.1, -0.05) is 0 Å². The molecule has 112 valence electrons. The van der Waals surface area contributed by atoms with Gasteiger partial charge in [-0.15, -0.1) is 0 Å². The van der Waals surface area contributed by atoms with Gasteiger partial charge in [0.15, 0.2) is 6.61 Å². The highest BCUT2D eigenvalue weighted by atomic mass is 16.5. The van der Waals surface area contributed by atoms with Gasteiger partial charge in [-0.2, -0.15) is 0 Å². The lowest BCUT2D eigenvalue weighted by molar-refractivity contribution is -0.121. The molecule has 2 amide bonds. The van der Waals surface area contributed by atoms with Crippen molar-refractivity contribution in [2.45, 2.75) is 19.4 Å². The first-order chi connectivity index (χ1) is 10.0. The van der Waals surface area contributed by atoms with Gasteiger partial charge in [0, 0.05) is 12.7 Å². The number of amides is 2. The molecule has 3 rings (SSSR count). The molecule has 0 aliphatic carbocycles.